The summed E-state index contributed by atoms with van der Waals surface area (Å²) in [4.78, 5) is 4.23. The van der Waals surface area contributed by atoms with Crippen LogP contribution in [0.3, 0.4) is 0 Å². The fourth-order valence-corrected chi connectivity index (χ4v) is 2.91. The van der Waals surface area contributed by atoms with E-state index in [1.807, 2.05) is 12.1 Å². The van der Waals surface area contributed by atoms with E-state index in [4.69, 9.17) is 5.73 Å². The van der Waals surface area contributed by atoms with Crippen molar-refractivity contribution < 1.29 is 0 Å². The summed E-state index contributed by atoms with van der Waals surface area (Å²) >= 11 is 3.52. The van der Waals surface area contributed by atoms with Crippen LogP contribution in [0.5, 0.6) is 0 Å². The Morgan fingerprint density at radius 2 is 2.15 bits per heavy atom. The molecule has 2 aromatic rings. The molecule has 0 saturated heterocycles. The minimum atomic E-state index is 0.183. The van der Waals surface area contributed by atoms with Gasteiger partial charge in [0.05, 0.1) is 0 Å². The number of benzene rings is 1. The third-order valence-corrected chi connectivity index (χ3v) is 3.86. The summed E-state index contributed by atoms with van der Waals surface area (Å²) in [5.74, 6) is 0.617. The molecule has 0 fully saturated rings. The van der Waals surface area contributed by atoms with Crippen molar-refractivity contribution in [3.05, 3.63) is 57.7 Å². The number of hydrogen-bond acceptors (Lipinski definition) is 3. The van der Waals surface area contributed by atoms with Gasteiger partial charge >= 0.3 is 0 Å². The van der Waals surface area contributed by atoms with Gasteiger partial charge in [0, 0.05) is 22.3 Å². The van der Waals surface area contributed by atoms with Crippen LogP contribution in [-0.4, -0.2) is 11.5 Å². The SMILES string of the molecule is CCNC(Cc1cccc(Br)c1)c1c(C)ccnc1N. The standard InChI is InChI=1S/C16H20BrN3/c1-3-19-14(10-12-5-4-6-13(17)9-12)15-11(2)7-8-20-16(15)18/h4-9,14,19H,3,10H2,1-2H3,(H2,18,20). The van der Waals surface area contributed by atoms with Crippen LogP contribution in [0.1, 0.15) is 29.7 Å². The molecule has 1 unspecified atom stereocenters. The summed E-state index contributed by atoms with van der Waals surface area (Å²) in [6.07, 6.45) is 2.65. The summed E-state index contributed by atoms with van der Waals surface area (Å²) in [5.41, 5.74) is 9.63. The number of likely N-dealkylation sites (N-methyl/N-ethyl adjacent to an activating group) is 1. The molecule has 0 amide bonds. The minimum absolute atomic E-state index is 0.183. The molecule has 3 N–H and O–H groups in total. The summed E-state index contributed by atoms with van der Waals surface area (Å²) in [7, 11) is 0. The topological polar surface area (TPSA) is 50.9 Å². The number of rotatable bonds is 5. The number of anilines is 1. The predicted octanol–water partition coefficient (Wildman–Crippen LogP) is 3.63. The van der Waals surface area contributed by atoms with Gasteiger partial charge in [0.25, 0.3) is 0 Å². The Bertz CT molecular complexity index is 563. The van der Waals surface area contributed by atoms with Crippen LogP contribution in [-0.2, 0) is 6.42 Å². The zero-order valence-electron chi connectivity index (χ0n) is 11.9. The van der Waals surface area contributed by atoms with Gasteiger partial charge in [-0.2, -0.15) is 0 Å². The zero-order chi connectivity index (χ0) is 14.5. The van der Waals surface area contributed by atoms with Crippen molar-refractivity contribution in [2.75, 3.05) is 12.3 Å². The van der Waals surface area contributed by atoms with E-state index < -0.39 is 0 Å². The molecular formula is C16H20BrN3. The number of nitrogens with one attached hydrogen (secondary N) is 1. The largest absolute Gasteiger partial charge is 0.383 e. The maximum Gasteiger partial charge on any atom is 0.128 e. The average molecular weight is 334 g/mol. The number of aryl methyl sites for hydroxylation is 1. The second-order valence-corrected chi connectivity index (χ2v) is 5.79. The Hall–Kier alpha value is -1.39. The lowest BCUT2D eigenvalue weighted by molar-refractivity contribution is 0.547. The lowest BCUT2D eigenvalue weighted by Gasteiger charge is -2.21. The third-order valence-electron chi connectivity index (χ3n) is 3.37. The maximum absolute atomic E-state index is 6.08. The van der Waals surface area contributed by atoms with Crippen molar-refractivity contribution in [2.24, 2.45) is 0 Å². The normalized spacial score (nSPS) is 12.3. The van der Waals surface area contributed by atoms with Crippen molar-refractivity contribution in [3.63, 3.8) is 0 Å². The number of nitrogens with zero attached hydrogens (tertiary/aromatic N) is 1. The van der Waals surface area contributed by atoms with Crippen LogP contribution in [0, 0.1) is 6.92 Å². The summed E-state index contributed by atoms with van der Waals surface area (Å²) in [5, 5.41) is 3.51. The quantitative estimate of drug-likeness (QED) is 0.878. The van der Waals surface area contributed by atoms with Gasteiger partial charge in [-0.1, -0.05) is 35.0 Å². The summed E-state index contributed by atoms with van der Waals surface area (Å²) < 4.78 is 1.10. The number of nitrogens with two attached hydrogens (primary N) is 1. The summed E-state index contributed by atoms with van der Waals surface area (Å²) in [6.45, 7) is 5.08. The molecule has 106 valence electrons. The van der Waals surface area contributed by atoms with Crippen molar-refractivity contribution in [1.29, 1.82) is 0 Å². The first-order valence-electron chi connectivity index (χ1n) is 6.80. The fraction of sp³-hybridized carbons (Fsp3) is 0.312. The van der Waals surface area contributed by atoms with Crippen molar-refractivity contribution in [1.82, 2.24) is 10.3 Å². The minimum Gasteiger partial charge on any atom is -0.383 e. The highest BCUT2D eigenvalue weighted by Gasteiger charge is 2.17. The maximum atomic E-state index is 6.08. The van der Waals surface area contributed by atoms with Gasteiger partial charge in [-0.25, -0.2) is 4.98 Å². The Morgan fingerprint density at radius 3 is 2.80 bits per heavy atom. The Balaban J connectivity index is 2.32. The van der Waals surface area contributed by atoms with Gasteiger partial charge in [0.15, 0.2) is 0 Å². The predicted molar refractivity (Wildman–Crippen MR) is 87.7 cm³/mol. The van der Waals surface area contributed by atoms with Crippen molar-refractivity contribution in [3.8, 4) is 0 Å². The molecule has 0 bridgehead atoms. The number of halogens is 1. The van der Waals surface area contributed by atoms with Crippen LogP contribution in [0.25, 0.3) is 0 Å². The molecule has 2 rings (SSSR count). The monoisotopic (exact) mass is 333 g/mol. The van der Waals surface area contributed by atoms with E-state index >= 15 is 0 Å². The highest BCUT2D eigenvalue weighted by Crippen LogP contribution is 2.26. The lowest BCUT2D eigenvalue weighted by atomic mass is 9.96. The number of nitrogen functional groups attached to an aromatic ring is 1. The summed E-state index contributed by atoms with van der Waals surface area (Å²) in [6, 6.07) is 10.6. The molecule has 0 aliphatic heterocycles. The molecule has 3 nitrogen and oxygen atoms in total. The molecule has 20 heavy (non-hydrogen) atoms. The molecule has 1 aromatic carbocycles. The van der Waals surface area contributed by atoms with E-state index in [-0.39, 0.29) is 6.04 Å². The second-order valence-electron chi connectivity index (χ2n) is 4.87. The van der Waals surface area contributed by atoms with E-state index in [0.29, 0.717) is 5.82 Å². The van der Waals surface area contributed by atoms with Gasteiger partial charge < -0.3 is 11.1 Å². The molecule has 4 heteroatoms. The number of pyridine rings is 1. The number of aromatic nitrogens is 1. The second kappa shape index (κ2) is 6.86. The zero-order valence-corrected chi connectivity index (χ0v) is 13.4. The molecular weight excluding hydrogens is 314 g/mol. The van der Waals surface area contributed by atoms with Gasteiger partial charge in [0.2, 0.25) is 0 Å². The lowest BCUT2D eigenvalue weighted by Crippen LogP contribution is -2.25. The van der Waals surface area contributed by atoms with E-state index in [1.165, 1.54) is 11.1 Å². The first-order chi connectivity index (χ1) is 9.61. The van der Waals surface area contributed by atoms with Gasteiger partial charge in [-0.05, 0) is 49.2 Å². The van der Waals surface area contributed by atoms with Crippen molar-refractivity contribution >= 4 is 21.7 Å². The molecule has 1 heterocycles. The molecule has 0 radical (unpaired) electrons. The molecule has 0 spiro atoms. The number of hydrogen-bond donors (Lipinski definition) is 2. The van der Waals surface area contributed by atoms with Crippen LogP contribution in [0.2, 0.25) is 0 Å². The Labute approximate surface area is 128 Å². The molecule has 0 aliphatic rings. The first-order valence-corrected chi connectivity index (χ1v) is 7.60. The Morgan fingerprint density at radius 1 is 1.35 bits per heavy atom. The van der Waals surface area contributed by atoms with Gasteiger partial charge in [-0.15, -0.1) is 0 Å². The van der Waals surface area contributed by atoms with Crippen LogP contribution in [0.15, 0.2) is 41.0 Å². The van der Waals surface area contributed by atoms with Crippen LogP contribution < -0.4 is 11.1 Å². The Kier molecular flexibility index (Phi) is 5.15. The highest BCUT2D eigenvalue weighted by atomic mass is 79.9. The highest BCUT2D eigenvalue weighted by molar-refractivity contribution is 9.10. The average Bonchev–Trinajstić information content (AvgIpc) is 2.38. The van der Waals surface area contributed by atoms with E-state index in [9.17, 15) is 0 Å². The smallest absolute Gasteiger partial charge is 0.128 e. The fourth-order valence-electron chi connectivity index (χ4n) is 2.47. The first kappa shape index (κ1) is 15.0. The van der Waals surface area contributed by atoms with Gasteiger partial charge in [-0.3, -0.25) is 0 Å². The van der Waals surface area contributed by atoms with Crippen LogP contribution in [0.4, 0.5) is 5.82 Å². The molecule has 1 atom stereocenters. The van der Waals surface area contributed by atoms with Crippen LogP contribution >= 0.6 is 15.9 Å². The molecule has 0 saturated carbocycles. The van der Waals surface area contributed by atoms with Crippen molar-refractivity contribution in [2.45, 2.75) is 26.3 Å². The van der Waals surface area contributed by atoms with Gasteiger partial charge in [0.1, 0.15) is 5.82 Å². The van der Waals surface area contributed by atoms with E-state index in [1.54, 1.807) is 6.20 Å². The molecule has 0 aliphatic carbocycles. The third kappa shape index (κ3) is 3.58. The van der Waals surface area contributed by atoms with E-state index in [0.717, 1.165) is 23.0 Å². The molecule has 1 aromatic heterocycles. The van der Waals surface area contributed by atoms with E-state index in [2.05, 4.69) is 58.3 Å².